The van der Waals surface area contributed by atoms with E-state index in [1.54, 1.807) is 29.6 Å². The molecule has 37 heavy (non-hydrogen) atoms. The topological polar surface area (TPSA) is 134 Å². The van der Waals surface area contributed by atoms with Crippen molar-refractivity contribution in [2.24, 2.45) is 11.1 Å². The van der Waals surface area contributed by atoms with Crippen molar-refractivity contribution >= 4 is 33.2 Å². The third-order valence-corrected chi connectivity index (χ3v) is 7.93. The number of hydrogen-bond acceptors (Lipinski definition) is 9. The Labute approximate surface area is 216 Å². The predicted molar refractivity (Wildman–Crippen MR) is 132 cm³/mol. The number of ether oxygens (including phenoxy) is 1. The number of anilines is 1. The molecule has 196 valence electrons. The molecule has 9 nitrogen and oxygen atoms in total. The Kier molecular flexibility index (Phi) is 7.07. The number of nitrogens with one attached hydrogen (secondary N) is 1. The van der Waals surface area contributed by atoms with Crippen LogP contribution in [0.25, 0.3) is 0 Å². The van der Waals surface area contributed by atoms with Crippen LogP contribution in [0.1, 0.15) is 57.3 Å². The summed E-state index contributed by atoms with van der Waals surface area (Å²) in [4.78, 5) is 22.0. The first kappa shape index (κ1) is 25.8. The number of nitrogens with zero attached hydrogens (tertiary/aromatic N) is 2. The Balaban J connectivity index is 1.31. The number of ketones is 1. The maximum absolute atomic E-state index is 14.3. The van der Waals surface area contributed by atoms with Crippen LogP contribution >= 0.6 is 11.3 Å². The molecule has 0 radical (unpaired) electrons. The van der Waals surface area contributed by atoms with Gasteiger partial charge >= 0.3 is 10.3 Å². The minimum absolute atomic E-state index is 0.00224. The predicted octanol–water partition coefficient (Wildman–Crippen LogP) is 3.78. The smallest absolute Gasteiger partial charge is 0.333 e. The van der Waals surface area contributed by atoms with Gasteiger partial charge < -0.3 is 10.1 Å². The molecule has 3 aromatic rings. The first-order valence-corrected chi connectivity index (χ1v) is 13.9. The molecular formula is C24H24F2N4O5S2. The molecule has 0 amide bonds. The third kappa shape index (κ3) is 5.70. The second-order valence-corrected chi connectivity index (χ2v) is 11.3. The summed E-state index contributed by atoms with van der Waals surface area (Å²) >= 11 is 1.20. The summed E-state index contributed by atoms with van der Waals surface area (Å²) in [5.74, 6) is -3.01. The highest BCUT2D eigenvalue weighted by atomic mass is 32.2. The second kappa shape index (κ2) is 10.1. The number of nitrogens with two attached hydrogens (primary N) is 1. The van der Waals surface area contributed by atoms with Crippen LogP contribution in [0.4, 0.5) is 14.6 Å². The van der Waals surface area contributed by atoms with Crippen molar-refractivity contribution in [2.75, 3.05) is 18.5 Å². The molecule has 0 spiro atoms. The van der Waals surface area contributed by atoms with Crippen LogP contribution in [-0.4, -0.2) is 43.4 Å². The number of carbonyl (C=O) groups excluding carboxylic acids is 1. The fourth-order valence-corrected chi connectivity index (χ4v) is 6.04. The van der Waals surface area contributed by atoms with Crippen LogP contribution in [0.5, 0.6) is 0 Å². The zero-order chi connectivity index (χ0) is 26.2. The number of carbonyl (C=O) groups is 1. The molecule has 1 fully saturated rings. The molecule has 0 saturated heterocycles. The summed E-state index contributed by atoms with van der Waals surface area (Å²) in [7, 11) is -4.00. The highest BCUT2D eigenvalue weighted by molar-refractivity contribution is 7.84. The van der Waals surface area contributed by atoms with Gasteiger partial charge in [0, 0.05) is 17.8 Å². The number of hydrogen-bond donors (Lipinski definition) is 2. The van der Waals surface area contributed by atoms with Crippen LogP contribution in [0, 0.1) is 5.92 Å². The van der Waals surface area contributed by atoms with E-state index >= 15 is 0 Å². The van der Waals surface area contributed by atoms with Crippen molar-refractivity contribution in [2.45, 2.75) is 37.3 Å². The van der Waals surface area contributed by atoms with Gasteiger partial charge in [0.05, 0.1) is 17.0 Å². The van der Waals surface area contributed by atoms with Crippen molar-refractivity contribution in [3.05, 3.63) is 75.4 Å². The molecule has 5 rings (SSSR count). The maximum Gasteiger partial charge on any atom is 0.333 e. The van der Waals surface area contributed by atoms with Crippen LogP contribution in [-0.2, 0) is 25.1 Å². The molecule has 1 aliphatic carbocycles. The fourth-order valence-electron chi connectivity index (χ4n) is 4.78. The van der Waals surface area contributed by atoms with E-state index in [0.29, 0.717) is 28.2 Å². The fraction of sp³-hybridized carbons (Fsp3) is 0.375. The number of rotatable bonds is 8. The van der Waals surface area contributed by atoms with Crippen LogP contribution in [0.2, 0.25) is 0 Å². The molecule has 1 aromatic carbocycles. The zero-order valence-electron chi connectivity index (χ0n) is 19.5. The minimum atomic E-state index is -4.00. The summed E-state index contributed by atoms with van der Waals surface area (Å²) < 4.78 is 61.0. The largest absolute Gasteiger partial charge is 0.367 e. The van der Waals surface area contributed by atoms with E-state index < -0.39 is 28.9 Å². The molecule has 3 atom stereocenters. The van der Waals surface area contributed by atoms with E-state index in [2.05, 4.69) is 15.3 Å². The Morgan fingerprint density at radius 3 is 2.92 bits per heavy atom. The highest BCUT2D eigenvalue weighted by Gasteiger charge is 2.42. The Morgan fingerprint density at radius 2 is 2.11 bits per heavy atom. The van der Waals surface area contributed by atoms with Gasteiger partial charge in [0.25, 0.3) is 5.92 Å². The van der Waals surface area contributed by atoms with E-state index in [0.717, 1.165) is 12.8 Å². The maximum atomic E-state index is 14.3. The summed E-state index contributed by atoms with van der Waals surface area (Å²) in [5, 5.41) is 9.91. The monoisotopic (exact) mass is 550 g/mol. The van der Waals surface area contributed by atoms with Crippen LogP contribution in [0.3, 0.4) is 0 Å². The lowest BCUT2D eigenvalue weighted by Crippen LogP contribution is -2.30. The quantitative estimate of drug-likeness (QED) is 0.405. The highest BCUT2D eigenvalue weighted by Crippen LogP contribution is 2.43. The van der Waals surface area contributed by atoms with Gasteiger partial charge in [-0.25, -0.2) is 15.1 Å². The molecule has 3 heterocycles. The van der Waals surface area contributed by atoms with Crippen LogP contribution in [0.15, 0.2) is 48.2 Å². The number of halogens is 2. The van der Waals surface area contributed by atoms with E-state index in [4.69, 9.17) is 14.1 Å². The van der Waals surface area contributed by atoms with Gasteiger partial charge in [-0.05, 0) is 47.8 Å². The molecule has 3 N–H and O–H groups in total. The molecule has 1 saturated carbocycles. The molecular weight excluding hydrogens is 526 g/mol. The lowest BCUT2D eigenvalue weighted by Gasteiger charge is -2.31. The SMILES string of the molecule is NS(=O)(=O)OC[C@@H]1CCC(Nc2ncncc2C(=O)c2cc(C3OCC(F)(F)c4ccccc43)cs2)C1. The van der Waals surface area contributed by atoms with Gasteiger partial charge in [0.2, 0.25) is 5.78 Å². The summed E-state index contributed by atoms with van der Waals surface area (Å²) in [5.41, 5.74) is 1.20. The second-order valence-electron chi connectivity index (χ2n) is 9.14. The normalized spacial score (nSPS) is 22.9. The van der Waals surface area contributed by atoms with Gasteiger partial charge in [-0.1, -0.05) is 24.3 Å². The average Bonchev–Trinajstić information content (AvgIpc) is 3.53. The lowest BCUT2D eigenvalue weighted by molar-refractivity contribution is -0.115. The number of aromatic nitrogens is 2. The molecule has 2 aliphatic rings. The van der Waals surface area contributed by atoms with Gasteiger partial charge in [0.1, 0.15) is 24.9 Å². The van der Waals surface area contributed by atoms with E-state index in [1.165, 1.54) is 29.9 Å². The average molecular weight is 551 g/mol. The Bertz CT molecular complexity index is 1420. The first-order chi connectivity index (χ1) is 17.6. The van der Waals surface area contributed by atoms with Crippen molar-refractivity contribution in [1.82, 2.24) is 9.97 Å². The molecule has 13 heteroatoms. The Morgan fingerprint density at radius 1 is 1.30 bits per heavy atom. The van der Waals surface area contributed by atoms with Crippen molar-refractivity contribution in [1.29, 1.82) is 0 Å². The van der Waals surface area contributed by atoms with Gasteiger partial charge in [-0.15, -0.1) is 11.3 Å². The van der Waals surface area contributed by atoms with Gasteiger partial charge in [0.15, 0.2) is 0 Å². The van der Waals surface area contributed by atoms with Gasteiger partial charge in [-0.3, -0.25) is 8.98 Å². The zero-order valence-corrected chi connectivity index (χ0v) is 21.1. The van der Waals surface area contributed by atoms with Crippen LogP contribution < -0.4 is 10.5 Å². The third-order valence-electron chi connectivity index (χ3n) is 6.52. The first-order valence-electron chi connectivity index (χ1n) is 11.6. The minimum Gasteiger partial charge on any atom is -0.367 e. The molecule has 1 aliphatic heterocycles. The number of alkyl halides is 2. The van der Waals surface area contributed by atoms with E-state index in [1.807, 2.05) is 0 Å². The van der Waals surface area contributed by atoms with Crippen molar-refractivity contribution in [3.8, 4) is 0 Å². The summed E-state index contributed by atoms with van der Waals surface area (Å²) in [6.45, 7) is -0.734. The number of thiophene rings is 1. The van der Waals surface area contributed by atoms with Gasteiger partial charge in [-0.2, -0.15) is 17.2 Å². The number of fused-ring (bicyclic) bond motifs is 1. The van der Waals surface area contributed by atoms with E-state index in [9.17, 15) is 22.0 Å². The lowest BCUT2D eigenvalue weighted by atomic mass is 9.92. The van der Waals surface area contributed by atoms with E-state index in [-0.39, 0.29) is 35.5 Å². The Hall–Kier alpha value is -2.84. The number of benzene rings is 1. The summed E-state index contributed by atoms with van der Waals surface area (Å²) in [6.07, 6.45) is 4.16. The molecule has 0 bridgehead atoms. The molecule has 2 aromatic heterocycles. The summed E-state index contributed by atoms with van der Waals surface area (Å²) in [6, 6.07) is 7.89. The molecule has 2 unspecified atom stereocenters. The van der Waals surface area contributed by atoms with Crippen molar-refractivity contribution in [3.63, 3.8) is 0 Å². The standard InChI is InChI=1S/C24H24F2N4O5S2/c25-24(26)12-34-22(17-3-1-2-4-19(17)24)15-8-20(36-11-15)21(31)18-9-28-13-29-23(18)30-16-6-5-14(7-16)10-35-37(27,32)33/h1-4,8-9,11,13-14,16,22H,5-7,10,12H2,(H2,27,32,33)(H,28,29,30)/t14-,16?,22?/m1/s1. The van der Waals surface area contributed by atoms with Crippen molar-refractivity contribution < 1.29 is 30.9 Å².